The number of thioether (sulfide) groups is 1. The molecule has 1 saturated heterocycles. The number of fused-ring (bicyclic) bond motifs is 1. The number of nitrogens with zero attached hydrogens (tertiary/aromatic N) is 2. The summed E-state index contributed by atoms with van der Waals surface area (Å²) in [6.45, 7) is 2.45. The highest BCUT2D eigenvalue weighted by Gasteiger charge is 2.51. The summed E-state index contributed by atoms with van der Waals surface area (Å²) in [7, 11) is 0. The summed E-state index contributed by atoms with van der Waals surface area (Å²) in [5.74, 6) is 0.373. The van der Waals surface area contributed by atoms with Crippen LogP contribution in [0, 0.1) is 11.3 Å². The zero-order valence-corrected chi connectivity index (χ0v) is 17.3. The van der Waals surface area contributed by atoms with E-state index in [0.717, 1.165) is 5.56 Å². The Labute approximate surface area is 178 Å². The van der Waals surface area contributed by atoms with Gasteiger partial charge in [-0.2, -0.15) is 5.26 Å². The molecular weight excluding hydrogens is 408 g/mol. The lowest BCUT2D eigenvalue weighted by Crippen LogP contribution is -2.48. The van der Waals surface area contributed by atoms with Crippen molar-refractivity contribution >= 4 is 29.3 Å². The van der Waals surface area contributed by atoms with Crippen LogP contribution in [0.25, 0.3) is 0 Å². The fourth-order valence-electron chi connectivity index (χ4n) is 3.83. The number of aliphatic hydroxyl groups is 1. The summed E-state index contributed by atoms with van der Waals surface area (Å²) >= 11 is 7.44. The van der Waals surface area contributed by atoms with Gasteiger partial charge in [-0.1, -0.05) is 35.9 Å². The van der Waals surface area contributed by atoms with Crippen molar-refractivity contribution in [1.29, 1.82) is 5.26 Å². The van der Waals surface area contributed by atoms with Gasteiger partial charge in [0.05, 0.1) is 29.0 Å². The van der Waals surface area contributed by atoms with Gasteiger partial charge in [0.25, 0.3) is 0 Å². The Balaban J connectivity index is 1.75. The van der Waals surface area contributed by atoms with Crippen molar-refractivity contribution in [3.8, 4) is 11.8 Å². The topological polar surface area (TPSA) is 73.6 Å². The molecule has 0 bridgehead atoms. The molecule has 148 valence electrons. The number of amides is 1. The molecule has 2 atom stereocenters. The van der Waals surface area contributed by atoms with Crippen LogP contribution in [0.4, 0.5) is 0 Å². The van der Waals surface area contributed by atoms with Gasteiger partial charge in [-0.15, -0.1) is 11.8 Å². The van der Waals surface area contributed by atoms with Gasteiger partial charge in [0, 0.05) is 22.9 Å². The van der Waals surface area contributed by atoms with Crippen molar-refractivity contribution in [3.05, 3.63) is 75.3 Å². The lowest BCUT2D eigenvalue weighted by molar-refractivity contribution is -0.149. The van der Waals surface area contributed by atoms with Crippen molar-refractivity contribution in [2.75, 3.05) is 12.4 Å². The van der Waals surface area contributed by atoms with Gasteiger partial charge < -0.3 is 9.84 Å². The second-order valence-corrected chi connectivity index (χ2v) is 8.33. The second-order valence-electron chi connectivity index (χ2n) is 6.93. The molecule has 2 heterocycles. The molecule has 2 unspecified atom stereocenters. The van der Waals surface area contributed by atoms with Crippen LogP contribution in [0.3, 0.4) is 0 Å². The lowest BCUT2D eigenvalue weighted by atomic mass is 9.85. The molecule has 2 aromatic rings. The summed E-state index contributed by atoms with van der Waals surface area (Å²) in [4.78, 5) is 14.5. The van der Waals surface area contributed by atoms with E-state index < -0.39 is 5.72 Å². The lowest BCUT2D eigenvalue weighted by Gasteiger charge is -2.38. The molecule has 5 nitrogen and oxygen atoms in total. The predicted octanol–water partition coefficient (Wildman–Crippen LogP) is 4.38. The Morgan fingerprint density at radius 2 is 2.10 bits per heavy atom. The monoisotopic (exact) mass is 426 g/mol. The third kappa shape index (κ3) is 3.40. The van der Waals surface area contributed by atoms with Crippen molar-refractivity contribution in [1.82, 2.24) is 4.90 Å². The Hall–Kier alpha value is -2.46. The molecule has 4 rings (SSSR count). The average molecular weight is 427 g/mol. The maximum absolute atomic E-state index is 13.1. The Kier molecular flexibility index (Phi) is 5.30. The van der Waals surface area contributed by atoms with E-state index in [1.54, 1.807) is 36.4 Å². The van der Waals surface area contributed by atoms with E-state index in [1.165, 1.54) is 16.7 Å². The van der Waals surface area contributed by atoms with E-state index >= 15 is 0 Å². The quantitative estimate of drug-likeness (QED) is 0.785. The fourth-order valence-corrected chi connectivity index (χ4v) is 5.39. The highest BCUT2D eigenvalue weighted by atomic mass is 35.5. The first-order valence-corrected chi connectivity index (χ1v) is 10.7. The van der Waals surface area contributed by atoms with Crippen LogP contribution in [0.5, 0.6) is 5.75 Å². The number of benzene rings is 2. The number of hydrogen-bond acceptors (Lipinski definition) is 5. The van der Waals surface area contributed by atoms with Crippen molar-refractivity contribution in [2.24, 2.45) is 0 Å². The highest BCUT2D eigenvalue weighted by molar-refractivity contribution is 8.03. The SMILES string of the molecule is CCOc1ccc(C2(O)CSC3=C(C#N)C(c4cccc(Cl)c4)CC(=O)N32)cc1. The Morgan fingerprint density at radius 3 is 2.76 bits per heavy atom. The van der Waals surface area contributed by atoms with E-state index in [0.29, 0.717) is 33.5 Å². The van der Waals surface area contributed by atoms with Gasteiger partial charge >= 0.3 is 0 Å². The number of ether oxygens (including phenoxy) is 1. The number of rotatable bonds is 4. The molecule has 1 fully saturated rings. The van der Waals surface area contributed by atoms with Crippen LogP contribution in [0.15, 0.2) is 59.1 Å². The molecule has 1 N–H and O–H groups in total. The average Bonchev–Trinajstić information content (AvgIpc) is 3.08. The van der Waals surface area contributed by atoms with Crippen LogP contribution < -0.4 is 4.74 Å². The van der Waals surface area contributed by atoms with Crippen LogP contribution >= 0.6 is 23.4 Å². The molecule has 2 aromatic carbocycles. The number of carbonyl (C=O) groups is 1. The molecule has 2 aliphatic heterocycles. The number of allylic oxidation sites excluding steroid dienone is 1. The minimum Gasteiger partial charge on any atom is -0.494 e. The molecular formula is C22H19ClN2O3S. The minimum absolute atomic E-state index is 0.104. The second kappa shape index (κ2) is 7.75. The summed E-state index contributed by atoms with van der Waals surface area (Å²) in [6.07, 6.45) is 0.104. The summed E-state index contributed by atoms with van der Waals surface area (Å²) in [5.41, 5.74) is 0.407. The third-order valence-electron chi connectivity index (χ3n) is 5.19. The van der Waals surface area contributed by atoms with E-state index in [9.17, 15) is 15.2 Å². The van der Waals surface area contributed by atoms with Crippen molar-refractivity contribution in [3.63, 3.8) is 0 Å². The van der Waals surface area contributed by atoms with Crippen molar-refractivity contribution < 1.29 is 14.6 Å². The molecule has 0 spiro atoms. The molecule has 0 saturated carbocycles. The van der Waals surface area contributed by atoms with Gasteiger partial charge in [-0.25, -0.2) is 0 Å². The number of halogens is 1. The van der Waals surface area contributed by atoms with Gasteiger partial charge in [-0.3, -0.25) is 9.69 Å². The van der Waals surface area contributed by atoms with Gasteiger partial charge in [0.1, 0.15) is 5.75 Å². The van der Waals surface area contributed by atoms with Gasteiger partial charge in [0.15, 0.2) is 5.72 Å². The Morgan fingerprint density at radius 1 is 1.34 bits per heavy atom. The molecule has 0 radical (unpaired) electrons. The fraction of sp³-hybridized carbons (Fsp3) is 0.273. The van der Waals surface area contributed by atoms with Crippen LogP contribution in [0.2, 0.25) is 5.02 Å². The zero-order chi connectivity index (χ0) is 20.6. The van der Waals surface area contributed by atoms with E-state index in [2.05, 4.69) is 6.07 Å². The smallest absolute Gasteiger partial charge is 0.231 e. The van der Waals surface area contributed by atoms with Crippen LogP contribution in [-0.2, 0) is 10.5 Å². The molecule has 2 aliphatic rings. The Bertz CT molecular complexity index is 1030. The van der Waals surface area contributed by atoms with E-state index in [4.69, 9.17) is 16.3 Å². The number of hydrogen-bond donors (Lipinski definition) is 1. The largest absolute Gasteiger partial charge is 0.494 e. The van der Waals surface area contributed by atoms with E-state index in [1.807, 2.05) is 19.1 Å². The first-order chi connectivity index (χ1) is 14.0. The molecule has 29 heavy (non-hydrogen) atoms. The first-order valence-electron chi connectivity index (χ1n) is 9.29. The first kappa shape index (κ1) is 19.8. The van der Waals surface area contributed by atoms with Crippen LogP contribution in [0.1, 0.15) is 30.4 Å². The number of nitriles is 1. The van der Waals surface area contributed by atoms with Gasteiger partial charge in [0.2, 0.25) is 5.91 Å². The third-order valence-corrected chi connectivity index (χ3v) is 6.65. The van der Waals surface area contributed by atoms with Gasteiger partial charge in [-0.05, 0) is 36.8 Å². The molecule has 1 amide bonds. The minimum atomic E-state index is -1.50. The standard InChI is InChI=1S/C22H19ClN2O3S/c1-2-28-17-8-6-15(7-9-17)22(27)13-29-21-19(12-24)18(11-20(26)25(21)22)14-4-3-5-16(23)10-14/h3-10,18,27H,2,11,13H2,1H3. The maximum Gasteiger partial charge on any atom is 0.231 e. The highest BCUT2D eigenvalue weighted by Crippen LogP contribution is 2.51. The summed E-state index contributed by atoms with van der Waals surface area (Å²) in [6, 6.07) is 16.6. The maximum atomic E-state index is 13.1. The molecule has 0 aromatic heterocycles. The predicted molar refractivity (Wildman–Crippen MR) is 112 cm³/mol. The zero-order valence-electron chi connectivity index (χ0n) is 15.8. The summed E-state index contributed by atoms with van der Waals surface area (Å²) < 4.78 is 5.46. The molecule has 7 heteroatoms. The van der Waals surface area contributed by atoms with Crippen LogP contribution in [-0.4, -0.2) is 28.3 Å². The normalized spacial score (nSPS) is 23.7. The molecule has 0 aliphatic carbocycles. The van der Waals surface area contributed by atoms with Crippen molar-refractivity contribution in [2.45, 2.75) is 25.0 Å². The summed E-state index contributed by atoms with van der Waals surface area (Å²) in [5, 5.41) is 22.4. The van der Waals surface area contributed by atoms with E-state index in [-0.39, 0.29) is 24.0 Å². The number of carbonyl (C=O) groups excluding carboxylic acids is 1.